The molecule has 5 nitrogen and oxygen atoms in total. The molecule has 20 heavy (non-hydrogen) atoms. The third-order valence-electron chi connectivity index (χ3n) is 3.53. The Balaban J connectivity index is 2.05. The number of rotatable bonds is 7. The normalized spacial score (nSPS) is 21.0. The van der Waals surface area contributed by atoms with Crippen molar-refractivity contribution in [1.29, 1.82) is 0 Å². The molecule has 2 rings (SSSR count). The van der Waals surface area contributed by atoms with Gasteiger partial charge in [0.15, 0.2) is 11.5 Å². The second-order valence-electron chi connectivity index (χ2n) is 4.80. The Kier molecular flexibility index (Phi) is 4.95. The van der Waals surface area contributed by atoms with Gasteiger partial charge >= 0.3 is 0 Å². The quantitative estimate of drug-likeness (QED) is 0.832. The van der Waals surface area contributed by atoms with Crippen molar-refractivity contribution in [2.75, 3.05) is 33.3 Å². The first-order valence-corrected chi connectivity index (χ1v) is 6.89. The molecule has 1 aromatic carbocycles. The van der Waals surface area contributed by atoms with E-state index in [1.807, 2.05) is 19.1 Å². The maximum atomic E-state index is 5.56. The lowest BCUT2D eigenvalue weighted by molar-refractivity contribution is 0.00299. The van der Waals surface area contributed by atoms with Crippen LogP contribution in [-0.4, -0.2) is 40.1 Å². The van der Waals surface area contributed by atoms with Crippen molar-refractivity contribution >= 4 is 5.69 Å². The fourth-order valence-electron chi connectivity index (χ4n) is 2.46. The molecule has 0 heterocycles. The first-order chi connectivity index (χ1) is 9.71. The molecule has 1 aromatic rings. The van der Waals surface area contributed by atoms with Crippen molar-refractivity contribution in [1.82, 2.24) is 0 Å². The first kappa shape index (κ1) is 14.8. The van der Waals surface area contributed by atoms with E-state index in [9.17, 15) is 0 Å². The number of ether oxygens (including phenoxy) is 4. The summed E-state index contributed by atoms with van der Waals surface area (Å²) in [7, 11) is 4.84. The molecule has 0 spiro atoms. The van der Waals surface area contributed by atoms with Crippen molar-refractivity contribution in [2.45, 2.75) is 31.9 Å². The Bertz CT molecular complexity index is 418. The molecule has 0 aliphatic heterocycles. The van der Waals surface area contributed by atoms with E-state index in [0.717, 1.165) is 25.1 Å². The minimum absolute atomic E-state index is 0.388. The summed E-state index contributed by atoms with van der Waals surface area (Å²) in [6.07, 6.45) is 2.45. The molecule has 1 N–H and O–H groups in total. The second kappa shape index (κ2) is 6.70. The second-order valence-corrected chi connectivity index (χ2v) is 4.80. The molecule has 0 atom stereocenters. The average molecular weight is 281 g/mol. The van der Waals surface area contributed by atoms with Crippen molar-refractivity contribution < 1.29 is 18.9 Å². The molecule has 0 radical (unpaired) electrons. The Hall–Kier alpha value is -1.62. The molecule has 1 aliphatic carbocycles. The maximum Gasteiger partial charge on any atom is 0.203 e. The standard InChI is InChI=1S/C15H23NO4/c1-5-20-12-6-10(7-12)16-11-8-13(17-2)15(19-4)14(9-11)18-3/h8-10,12,16H,5-7H2,1-4H3. The van der Waals surface area contributed by atoms with Crippen LogP contribution in [0.3, 0.4) is 0 Å². The lowest BCUT2D eigenvalue weighted by Crippen LogP contribution is -2.40. The van der Waals surface area contributed by atoms with Crippen molar-refractivity contribution in [3.63, 3.8) is 0 Å². The van der Waals surface area contributed by atoms with E-state index in [1.165, 1.54) is 0 Å². The topological polar surface area (TPSA) is 49.0 Å². The van der Waals surface area contributed by atoms with E-state index in [0.29, 0.717) is 29.4 Å². The predicted octanol–water partition coefficient (Wildman–Crippen LogP) is 2.69. The van der Waals surface area contributed by atoms with Crippen LogP contribution in [0, 0.1) is 0 Å². The van der Waals surface area contributed by atoms with Gasteiger partial charge in [0, 0.05) is 30.5 Å². The van der Waals surface area contributed by atoms with Crippen molar-refractivity contribution in [3.8, 4) is 17.2 Å². The monoisotopic (exact) mass is 281 g/mol. The summed E-state index contributed by atoms with van der Waals surface area (Å²) < 4.78 is 21.6. The average Bonchev–Trinajstić information content (AvgIpc) is 2.43. The van der Waals surface area contributed by atoms with E-state index >= 15 is 0 Å². The number of nitrogens with one attached hydrogen (secondary N) is 1. The number of benzene rings is 1. The molecule has 0 bridgehead atoms. The molecule has 0 aromatic heterocycles. The Morgan fingerprint density at radius 1 is 1.05 bits per heavy atom. The van der Waals surface area contributed by atoms with Gasteiger partial charge in [0.1, 0.15) is 0 Å². The van der Waals surface area contributed by atoms with Crippen LogP contribution >= 0.6 is 0 Å². The van der Waals surface area contributed by atoms with Gasteiger partial charge in [-0.2, -0.15) is 0 Å². The van der Waals surface area contributed by atoms with Crippen LogP contribution in [0.4, 0.5) is 5.69 Å². The van der Waals surface area contributed by atoms with Crippen LogP contribution < -0.4 is 19.5 Å². The summed E-state index contributed by atoms with van der Waals surface area (Å²) in [6.45, 7) is 2.81. The van der Waals surface area contributed by atoms with E-state index in [4.69, 9.17) is 18.9 Å². The van der Waals surface area contributed by atoms with Gasteiger partial charge in [-0.05, 0) is 19.8 Å². The van der Waals surface area contributed by atoms with Gasteiger partial charge in [-0.3, -0.25) is 0 Å². The fraction of sp³-hybridized carbons (Fsp3) is 0.600. The molecule has 1 aliphatic rings. The molecule has 0 unspecified atom stereocenters. The van der Waals surface area contributed by atoms with Crippen LogP contribution in [0.25, 0.3) is 0 Å². The highest BCUT2D eigenvalue weighted by Gasteiger charge is 2.29. The molecular weight excluding hydrogens is 258 g/mol. The third kappa shape index (κ3) is 3.10. The van der Waals surface area contributed by atoms with Gasteiger partial charge < -0.3 is 24.3 Å². The van der Waals surface area contributed by atoms with E-state index in [1.54, 1.807) is 21.3 Å². The molecule has 0 amide bonds. The van der Waals surface area contributed by atoms with Crippen LogP contribution in [0.15, 0.2) is 12.1 Å². The molecule has 5 heteroatoms. The van der Waals surface area contributed by atoms with Gasteiger partial charge in [0.25, 0.3) is 0 Å². The van der Waals surface area contributed by atoms with Gasteiger partial charge in [0.05, 0.1) is 27.4 Å². The smallest absolute Gasteiger partial charge is 0.203 e. The number of hydrogen-bond acceptors (Lipinski definition) is 5. The zero-order valence-corrected chi connectivity index (χ0v) is 12.6. The van der Waals surface area contributed by atoms with E-state index in [2.05, 4.69) is 5.32 Å². The number of anilines is 1. The Morgan fingerprint density at radius 2 is 1.65 bits per heavy atom. The summed E-state index contributed by atoms with van der Waals surface area (Å²) in [5, 5.41) is 3.47. The minimum atomic E-state index is 0.388. The predicted molar refractivity (Wildman–Crippen MR) is 78.2 cm³/mol. The van der Waals surface area contributed by atoms with Gasteiger partial charge in [-0.15, -0.1) is 0 Å². The van der Waals surface area contributed by atoms with Crippen LogP contribution in [-0.2, 0) is 4.74 Å². The lowest BCUT2D eigenvalue weighted by Gasteiger charge is -2.36. The zero-order valence-electron chi connectivity index (χ0n) is 12.6. The van der Waals surface area contributed by atoms with Crippen molar-refractivity contribution in [2.24, 2.45) is 0 Å². The summed E-state index contributed by atoms with van der Waals surface area (Å²) in [5.74, 6) is 1.94. The largest absolute Gasteiger partial charge is 0.493 e. The summed E-state index contributed by atoms with van der Waals surface area (Å²) >= 11 is 0. The lowest BCUT2D eigenvalue weighted by atomic mass is 9.89. The van der Waals surface area contributed by atoms with Crippen LogP contribution in [0.2, 0.25) is 0 Å². The first-order valence-electron chi connectivity index (χ1n) is 6.89. The highest BCUT2D eigenvalue weighted by Crippen LogP contribution is 2.40. The number of hydrogen-bond donors (Lipinski definition) is 1. The van der Waals surface area contributed by atoms with E-state index in [-0.39, 0.29) is 0 Å². The molecule has 112 valence electrons. The Morgan fingerprint density at radius 3 is 2.10 bits per heavy atom. The van der Waals surface area contributed by atoms with Crippen molar-refractivity contribution in [3.05, 3.63) is 12.1 Å². The maximum absolute atomic E-state index is 5.56. The summed E-state index contributed by atoms with van der Waals surface area (Å²) in [5.41, 5.74) is 0.972. The van der Waals surface area contributed by atoms with Crippen LogP contribution in [0.1, 0.15) is 19.8 Å². The summed E-state index contributed by atoms with van der Waals surface area (Å²) in [6, 6.07) is 4.29. The Labute approximate surface area is 120 Å². The SMILES string of the molecule is CCOC1CC(Nc2cc(OC)c(OC)c(OC)c2)C1. The van der Waals surface area contributed by atoms with Gasteiger partial charge in [-0.25, -0.2) is 0 Å². The molecule has 1 saturated carbocycles. The van der Waals surface area contributed by atoms with Gasteiger partial charge in [-0.1, -0.05) is 0 Å². The summed E-state index contributed by atoms with van der Waals surface area (Å²) in [4.78, 5) is 0. The van der Waals surface area contributed by atoms with E-state index < -0.39 is 0 Å². The highest BCUT2D eigenvalue weighted by molar-refractivity contribution is 5.63. The van der Waals surface area contributed by atoms with Crippen LogP contribution in [0.5, 0.6) is 17.2 Å². The fourth-order valence-corrected chi connectivity index (χ4v) is 2.46. The minimum Gasteiger partial charge on any atom is -0.493 e. The zero-order chi connectivity index (χ0) is 14.5. The molecule has 1 fully saturated rings. The number of methoxy groups -OCH3 is 3. The third-order valence-corrected chi connectivity index (χ3v) is 3.53. The molecular formula is C15H23NO4. The molecule has 0 saturated heterocycles. The highest BCUT2D eigenvalue weighted by atomic mass is 16.5. The van der Waals surface area contributed by atoms with Gasteiger partial charge in [0.2, 0.25) is 5.75 Å².